The van der Waals surface area contributed by atoms with Crippen LogP contribution >= 0.6 is 0 Å². The minimum atomic E-state index is -0.958. The molecular formula is C13H29N3OSi. The van der Waals surface area contributed by atoms with Crippen LogP contribution in [0.1, 0.15) is 6.92 Å². The maximum Gasteiger partial charge on any atom is 0.118 e. The summed E-state index contributed by atoms with van der Waals surface area (Å²) in [5.74, 6) is 0.586. The molecule has 0 bridgehead atoms. The van der Waals surface area contributed by atoms with Crippen LogP contribution in [0.15, 0.2) is 12.3 Å². The van der Waals surface area contributed by atoms with E-state index in [2.05, 4.69) is 54.6 Å². The first-order chi connectivity index (χ1) is 8.44. The minimum absolute atomic E-state index is 0.512. The largest absolute Gasteiger partial charge is 0.361 e. The molecule has 0 aliphatic carbocycles. The molecule has 0 amide bonds. The molecule has 2 N–H and O–H groups in total. The van der Waals surface area contributed by atoms with E-state index in [4.69, 9.17) is 4.74 Å². The molecule has 1 aliphatic rings. The fraction of sp³-hybridized carbons (Fsp3) is 0.846. The summed E-state index contributed by atoms with van der Waals surface area (Å²) in [6.45, 7) is 12.0. The summed E-state index contributed by atoms with van der Waals surface area (Å²) >= 11 is 0. The van der Waals surface area contributed by atoms with Gasteiger partial charge in [0, 0.05) is 21.2 Å². The van der Waals surface area contributed by atoms with Crippen LogP contribution in [0.2, 0.25) is 25.7 Å². The molecule has 18 heavy (non-hydrogen) atoms. The highest BCUT2D eigenvalue weighted by molar-refractivity contribution is 6.76. The van der Waals surface area contributed by atoms with Crippen molar-refractivity contribution in [3.63, 3.8) is 0 Å². The third kappa shape index (κ3) is 5.52. The number of hydrazine groups is 1. The predicted molar refractivity (Wildman–Crippen MR) is 80.0 cm³/mol. The van der Waals surface area contributed by atoms with Gasteiger partial charge in [-0.3, -0.25) is 10.9 Å². The van der Waals surface area contributed by atoms with Crippen molar-refractivity contribution in [3.8, 4) is 0 Å². The van der Waals surface area contributed by atoms with E-state index in [9.17, 15) is 0 Å². The molecule has 0 saturated carbocycles. The highest BCUT2D eigenvalue weighted by Gasteiger charge is 2.25. The average Bonchev–Trinajstić information content (AvgIpc) is 2.22. The molecule has 0 fully saturated rings. The van der Waals surface area contributed by atoms with E-state index in [0.29, 0.717) is 12.0 Å². The Bertz CT molecular complexity index is 265. The van der Waals surface area contributed by atoms with Crippen LogP contribution in [0.4, 0.5) is 0 Å². The van der Waals surface area contributed by atoms with E-state index in [1.807, 2.05) is 7.05 Å². The van der Waals surface area contributed by atoms with Crippen LogP contribution < -0.4 is 10.9 Å². The zero-order valence-electron chi connectivity index (χ0n) is 12.5. The van der Waals surface area contributed by atoms with Gasteiger partial charge in [0.05, 0.1) is 6.04 Å². The van der Waals surface area contributed by atoms with Crippen LogP contribution in [0.3, 0.4) is 0 Å². The van der Waals surface area contributed by atoms with Crippen molar-refractivity contribution < 1.29 is 4.74 Å². The van der Waals surface area contributed by atoms with Crippen molar-refractivity contribution in [3.05, 3.63) is 12.3 Å². The first kappa shape index (κ1) is 15.7. The van der Waals surface area contributed by atoms with E-state index >= 15 is 0 Å². The maximum absolute atomic E-state index is 5.77. The van der Waals surface area contributed by atoms with Crippen molar-refractivity contribution in [2.24, 2.45) is 5.92 Å². The van der Waals surface area contributed by atoms with Crippen molar-refractivity contribution in [1.82, 2.24) is 15.8 Å². The molecule has 0 aromatic rings. The molecule has 1 unspecified atom stereocenters. The molecule has 4 nitrogen and oxygen atoms in total. The molecule has 0 spiro atoms. The van der Waals surface area contributed by atoms with Gasteiger partial charge in [-0.2, -0.15) is 0 Å². The zero-order valence-corrected chi connectivity index (χ0v) is 13.5. The number of hydrogen-bond acceptors (Lipinski definition) is 4. The van der Waals surface area contributed by atoms with Gasteiger partial charge in [0.2, 0.25) is 0 Å². The SMILES string of the molecule is CNNC[C@H](C)C1C=CN1COCC[Si](C)(C)C. The normalized spacial score (nSPS) is 20.9. The number of rotatable bonds is 9. The quantitative estimate of drug-likeness (QED) is 0.381. The first-order valence-corrected chi connectivity index (χ1v) is 10.6. The molecule has 1 rings (SSSR count). The van der Waals surface area contributed by atoms with Gasteiger partial charge >= 0.3 is 0 Å². The van der Waals surface area contributed by atoms with E-state index in [1.165, 1.54) is 6.04 Å². The average molecular weight is 271 g/mol. The number of nitrogens with zero attached hydrogens (tertiary/aromatic N) is 1. The van der Waals surface area contributed by atoms with Crippen LogP contribution in [0.25, 0.3) is 0 Å². The molecule has 0 aromatic heterocycles. The summed E-state index contributed by atoms with van der Waals surface area (Å²) in [5.41, 5.74) is 6.13. The second-order valence-corrected chi connectivity index (χ2v) is 11.9. The van der Waals surface area contributed by atoms with Crippen molar-refractivity contribution in [2.75, 3.05) is 26.9 Å². The van der Waals surface area contributed by atoms with E-state index in [1.54, 1.807) is 0 Å². The zero-order chi connectivity index (χ0) is 13.6. The van der Waals surface area contributed by atoms with Gasteiger partial charge in [-0.1, -0.05) is 26.6 Å². The summed E-state index contributed by atoms with van der Waals surface area (Å²) < 4.78 is 5.77. The van der Waals surface area contributed by atoms with Crippen LogP contribution in [-0.4, -0.2) is 45.9 Å². The van der Waals surface area contributed by atoms with Crippen molar-refractivity contribution in [2.45, 2.75) is 38.7 Å². The van der Waals surface area contributed by atoms with Gasteiger partial charge in [-0.25, -0.2) is 0 Å². The van der Waals surface area contributed by atoms with Crippen LogP contribution in [-0.2, 0) is 4.74 Å². The van der Waals surface area contributed by atoms with E-state index in [0.717, 1.165) is 19.9 Å². The monoisotopic (exact) mass is 271 g/mol. The van der Waals surface area contributed by atoms with Gasteiger partial charge in [0.1, 0.15) is 6.73 Å². The summed E-state index contributed by atoms with van der Waals surface area (Å²) in [4.78, 5) is 2.28. The molecule has 0 aromatic carbocycles. The number of ether oxygens (including phenoxy) is 1. The van der Waals surface area contributed by atoms with Gasteiger partial charge in [-0.15, -0.1) is 0 Å². The van der Waals surface area contributed by atoms with Crippen LogP contribution in [0.5, 0.6) is 0 Å². The highest BCUT2D eigenvalue weighted by atomic mass is 28.3. The first-order valence-electron chi connectivity index (χ1n) is 6.85. The summed E-state index contributed by atoms with van der Waals surface area (Å²) in [6.07, 6.45) is 4.39. The van der Waals surface area contributed by atoms with Gasteiger partial charge in [-0.05, 0) is 31.3 Å². The second kappa shape index (κ2) is 7.28. The molecule has 1 heterocycles. The van der Waals surface area contributed by atoms with Gasteiger partial charge in [0.15, 0.2) is 0 Å². The van der Waals surface area contributed by atoms with E-state index < -0.39 is 8.07 Å². The van der Waals surface area contributed by atoms with Gasteiger partial charge < -0.3 is 9.64 Å². The molecule has 2 atom stereocenters. The summed E-state index contributed by atoms with van der Waals surface area (Å²) in [7, 11) is 0.946. The molecule has 0 radical (unpaired) electrons. The summed E-state index contributed by atoms with van der Waals surface area (Å²) in [5, 5.41) is 0. The fourth-order valence-corrected chi connectivity index (χ4v) is 2.64. The smallest absolute Gasteiger partial charge is 0.118 e. The van der Waals surface area contributed by atoms with Crippen molar-refractivity contribution >= 4 is 8.07 Å². The summed E-state index contributed by atoms with van der Waals surface area (Å²) in [6, 6.07) is 1.75. The van der Waals surface area contributed by atoms with Crippen molar-refractivity contribution in [1.29, 1.82) is 0 Å². The molecular weight excluding hydrogens is 242 g/mol. The Labute approximate surface area is 113 Å². The molecule has 0 saturated heterocycles. The fourth-order valence-electron chi connectivity index (χ4n) is 1.88. The second-order valence-electron chi connectivity index (χ2n) is 6.30. The Hall–Kier alpha value is -0.363. The predicted octanol–water partition coefficient (Wildman–Crippen LogP) is 1.86. The molecule has 1 aliphatic heterocycles. The van der Waals surface area contributed by atoms with Crippen LogP contribution in [0, 0.1) is 5.92 Å². The highest BCUT2D eigenvalue weighted by Crippen LogP contribution is 2.21. The number of hydrogen-bond donors (Lipinski definition) is 2. The minimum Gasteiger partial charge on any atom is -0.361 e. The molecule has 106 valence electrons. The lowest BCUT2D eigenvalue weighted by molar-refractivity contribution is 0.0248. The topological polar surface area (TPSA) is 36.5 Å². The standard InChI is InChI=1S/C13H29N3OSi/c1-12(10-15-14-2)13-6-7-16(13)11-17-8-9-18(3,4)5/h6-7,12-15H,8-11H2,1-5H3/t12-,13?/m0/s1. The third-order valence-corrected chi connectivity index (χ3v) is 4.98. The van der Waals surface area contributed by atoms with E-state index in [-0.39, 0.29) is 0 Å². The lowest BCUT2D eigenvalue weighted by atomic mass is 9.97. The Morgan fingerprint density at radius 1 is 1.39 bits per heavy atom. The third-order valence-electron chi connectivity index (χ3n) is 3.28. The Balaban J connectivity index is 2.14. The Kier molecular flexibility index (Phi) is 6.35. The Morgan fingerprint density at radius 3 is 2.61 bits per heavy atom. The lowest BCUT2D eigenvalue weighted by Gasteiger charge is -2.39. The van der Waals surface area contributed by atoms with Gasteiger partial charge in [0.25, 0.3) is 0 Å². The maximum atomic E-state index is 5.77. The lowest BCUT2D eigenvalue weighted by Crippen LogP contribution is -2.46. The molecule has 5 heteroatoms. The Morgan fingerprint density at radius 2 is 2.11 bits per heavy atom. The number of nitrogens with one attached hydrogen (secondary N) is 2.